The predicted octanol–water partition coefficient (Wildman–Crippen LogP) is 5.47. The first-order valence-corrected chi connectivity index (χ1v) is 15.1. The fraction of sp³-hybridized carbons (Fsp3) is 0.312. The molecule has 3 heterocycles. The van der Waals surface area contributed by atoms with Gasteiger partial charge in [-0.2, -0.15) is 0 Å². The van der Waals surface area contributed by atoms with Crippen LogP contribution in [-0.4, -0.2) is 72.3 Å². The fourth-order valence-corrected chi connectivity index (χ4v) is 6.12. The number of para-hydroxylation sites is 1. The van der Waals surface area contributed by atoms with Crippen molar-refractivity contribution in [2.24, 2.45) is 0 Å². The van der Waals surface area contributed by atoms with E-state index in [-0.39, 0.29) is 5.91 Å². The maximum absolute atomic E-state index is 13.1. The van der Waals surface area contributed by atoms with Crippen LogP contribution in [0, 0.1) is 13.8 Å². The van der Waals surface area contributed by atoms with E-state index >= 15 is 0 Å². The molecule has 6 rings (SSSR count). The van der Waals surface area contributed by atoms with E-state index in [2.05, 4.69) is 15.2 Å². The largest absolute Gasteiger partial charge is 0.493 e. The summed E-state index contributed by atoms with van der Waals surface area (Å²) >= 11 is 1.41. The summed E-state index contributed by atoms with van der Waals surface area (Å²) in [7, 11) is 1.60. The van der Waals surface area contributed by atoms with Crippen LogP contribution in [0.15, 0.2) is 48.5 Å². The molecular weight excluding hydrogens is 564 g/mol. The van der Waals surface area contributed by atoms with Gasteiger partial charge in [0, 0.05) is 42.3 Å². The van der Waals surface area contributed by atoms with Gasteiger partial charge in [0.2, 0.25) is 0 Å². The number of methoxy groups -OCH3 is 1. The molecule has 3 N–H and O–H groups in total. The molecule has 1 aliphatic rings. The van der Waals surface area contributed by atoms with E-state index in [0.717, 1.165) is 66.3 Å². The highest BCUT2D eigenvalue weighted by Crippen LogP contribution is 2.36. The third kappa shape index (κ3) is 6.24. The van der Waals surface area contributed by atoms with Gasteiger partial charge in [-0.05, 0) is 55.7 Å². The van der Waals surface area contributed by atoms with E-state index < -0.39 is 0 Å². The molecule has 1 fully saturated rings. The minimum Gasteiger partial charge on any atom is -0.493 e. The van der Waals surface area contributed by atoms with E-state index in [1.54, 1.807) is 13.2 Å². The van der Waals surface area contributed by atoms with Crippen LogP contribution in [0.3, 0.4) is 0 Å². The molecule has 0 spiro atoms. The Morgan fingerprint density at radius 3 is 2.58 bits per heavy atom. The molecule has 0 radical (unpaired) electrons. The van der Waals surface area contributed by atoms with Gasteiger partial charge < -0.3 is 25.3 Å². The van der Waals surface area contributed by atoms with Crippen molar-refractivity contribution in [1.29, 1.82) is 0 Å². The van der Waals surface area contributed by atoms with Crippen LogP contribution < -0.4 is 20.5 Å². The normalized spacial score (nSPS) is 13.8. The molecule has 3 aromatic carbocycles. The van der Waals surface area contributed by atoms with Crippen molar-refractivity contribution in [3.63, 3.8) is 0 Å². The second-order valence-electron chi connectivity index (χ2n) is 10.5. The van der Waals surface area contributed by atoms with Crippen molar-refractivity contribution in [3.05, 3.63) is 65.2 Å². The number of anilines is 2. The lowest BCUT2D eigenvalue weighted by molar-refractivity contribution is 0.0357. The van der Waals surface area contributed by atoms with E-state index in [1.807, 2.05) is 56.3 Å². The molecule has 0 unspecified atom stereocenters. The van der Waals surface area contributed by atoms with Gasteiger partial charge in [-0.3, -0.25) is 9.69 Å². The smallest absolute Gasteiger partial charge is 0.255 e. The number of ether oxygens (including phenoxy) is 3. The topological polar surface area (TPSA) is 125 Å². The number of nitrogen functional groups attached to an aromatic ring is 1. The summed E-state index contributed by atoms with van der Waals surface area (Å²) in [6.07, 6.45) is 0.884. The number of carbonyl (C=O) groups excluding carboxylic acids is 1. The minimum atomic E-state index is -0.174. The summed E-state index contributed by atoms with van der Waals surface area (Å²) < 4.78 is 18.0. The van der Waals surface area contributed by atoms with Crippen molar-refractivity contribution in [2.45, 2.75) is 20.3 Å². The van der Waals surface area contributed by atoms with Crippen molar-refractivity contribution < 1.29 is 19.0 Å². The zero-order valence-corrected chi connectivity index (χ0v) is 25.3. The molecule has 222 valence electrons. The lowest BCUT2D eigenvalue weighted by Gasteiger charge is -2.26. The molecule has 1 aliphatic heterocycles. The standard InChI is InChI=1S/C32H34N6O4S/c1-19-6-4-7-20(2)28(19)36-31(39)21-8-9-23-27(16-21)43-32(35-23)30-34-24-18-26(25(40-3)17-22(24)29(33)37-30)42-13-5-10-38-11-14-41-15-12-38/h4,6-9,16-18H,5,10-15H2,1-3H3,(H,36,39)(H2,33,34,37). The average Bonchev–Trinajstić information content (AvgIpc) is 3.45. The number of hydrogen-bond donors (Lipinski definition) is 2. The Hall–Kier alpha value is -4.32. The number of morpholine rings is 1. The van der Waals surface area contributed by atoms with Gasteiger partial charge >= 0.3 is 0 Å². The quantitative estimate of drug-likeness (QED) is 0.213. The number of hydrogen-bond acceptors (Lipinski definition) is 10. The van der Waals surface area contributed by atoms with Gasteiger partial charge in [0.1, 0.15) is 5.82 Å². The van der Waals surface area contributed by atoms with Crippen LogP contribution in [0.5, 0.6) is 11.5 Å². The van der Waals surface area contributed by atoms with Gasteiger partial charge in [0.15, 0.2) is 22.3 Å². The number of nitrogens with one attached hydrogen (secondary N) is 1. The number of rotatable bonds is 9. The summed E-state index contributed by atoms with van der Waals surface area (Å²) in [6, 6.07) is 15.1. The van der Waals surface area contributed by atoms with Gasteiger partial charge in [-0.1, -0.05) is 18.2 Å². The summed E-state index contributed by atoms with van der Waals surface area (Å²) in [5.74, 6) is 1.74. The molecule has 2 aromatic heterocycles. The summed E-state index contributed by atoms with van der Waals surface area (Å²) in [4.78, 5) is 29.6. The van der Waals surface area contributed by atoms with E-state index in [4.69, 9.17) is 29.9 Å². The Labute approximate surface area is 253 Å². The number of fused-ring (bicyclic) bond motifs is 2. The Morgan fingerprint density at radius 1 is 1.02 bits per heavy atom. The molecule has 0 atom stereocenters. The number of aryl methyl sites for hydroxylation is 2. The number of benzene rings is 3. The number of thiazole rings is 1. The number of nitrogens with two attached hydrogens (primary N) is 1. The summed E-state index contributed by atoms with van der Waals surface area (Å²) in [6.45, 7) is 8.91. The van der Waals surface area contributed by atoms with Crippen LogP contribution >= 0.6 is 11.3 Å². The first kappa shape index (κ1) is 28.8. The molecule has 0 bridgehead atoms. The third-order valence-corrected chi connectivity index (χ3v) is 8.57. The molecular formula is C32H34N6O4S. The van der Waals surface area contributed by atoms with Gasteiger partial charge in [-0.15, -0.1) is 11.3 Å². The molecule has 11 heteroatoms. The Bertz CT molecular complexity index is 1780. The first-order valence-electron chi connectivity index (χ1n) is 14.3. The van der Waals surface area contributed by atoms with E-state index in [9.17, 15) is 4.79 Å². The fourth-order valence-electron chi connectivity index (χ4n) is 5.18. The van der Waals surface area contributed by atoms with Crippen LogP contribution in [0.4, 0.5) is 11.5 Å². The Kier molecular flexibility index (Phi) is 8.37. The highest BCUT2D eigenvalue weighted by molar-refractivity contribution is 7.21. The number of aromatic nitrogens is 3. The van der Waals surface area contributed by atoms with Crippen LogP contribution in [0.25, 0.3) is 32.0 Å². The monoisotopic (exact) mass is 598 g/mol. The lowest BCUT2D eigenvalue weighted by Crippen LogP contribution is -2.37. The molecule has 1 amide bonds. The van der Waals surface area contributed by atoms with Crippen LogP contribution in [0.1, 0.15) is 27.9 Å². The maximum Gasteiger partial charge on any atom is 0.255 e. The second kappa shape index (κ2) is 12.5. The van der Waals surface area contributed by atoms with Crippen molar-refractivity contribution in [2.75, 3.05) is 57.6 Å². The molecule has 0 saturated carbocycles. The number of amides is 1. The van der Waals surface area contributed by atoms with Gasteiger partial charge in [-0.25, -0.2) is 15.0 Å². The zero-order chi connectivity index (χ0) is 29.9. The number of carbonyl (C=O) groups is 1. The molecule has 43 heavy (non-hydrogen) atoms. The molecule has 0 aliphatic carbocycles. The lowest BCUT2D eigenvalue weighted by atomic mass is 10.1. The maximum atomic E-state index is 13.1. The van der Waals surface area contributed by atoms with E-state index in [1.165, 1.54) is 11.3 Å². The molecule has 1 saturated heterocycles. The minimum absolute atomic E-state index is 0.174. The highest BCUT2D eigenvalue weighted by Gasteiger charge is 2.18. The number of nitrogens with zero attached hydrogens (tertiary/aromatic N) is 4. The van der Waals surface area contributed by atoms with Crippen LogP contribution in [-0.2, 0) is 4.74 Å². The van der Waals surface area contributed by atoms with E-state index in [0.29, 0.717) is 51.2 Å². The second-order valence-corrected chi connectivity index (χ2v) is 11.6. The third-order valence-electron chi connectivity index (χ3n) is 7.55. The van der Waals surface area contributed by atoms with Crippen LogP contribution in [0.2, 0.25) is 0 Å². The predicted molar refractivity (Wildman–Crippen MR) is 170 cm³/mol. The molecule has 5 aromatic rings. The molecule has 10 nitrogen and oxygen atoms in total. The zero-order valence-electron chi connectivity index (χ0n) is 24.5. The first-order chi connectivity index (χ1) is 20.9. The SMILES string of the molecule is COc1cc2c(N)nc(-c3nc4ccc(C(=O)Nc5c(C)cccc5C)cc4s3)nc2cc1OCCCN1CCOCC1. The summed E-state index contributed by atoms with van der Waals surface area (Å²) in [5.41, 5.74) is 11.2. The Balaban J connectivity index is 1.23. The average molecular weight is 599 g/mol. The Morgan fingerprint density at radius 2 is 1.81 bits per heavy atom. The summed E-state index contributed by atoms with van der Waals surface area (Å²) in [5, 5.41) is 4.33. The van der Waals surface area contributed by atoms with Crippen molar-refractivity contribution in [3.8, 4) is 22.3 Å². The van der Waals surface area contributed by atoms with Gasteiger partial charge in [0.25, 0.3) is 5.91 Å². The highest BCUT2D eigenvalue weighted by atomic mass is 32.1. The van der Waals surface area contributed by atoms with Gasteiger partial charge in [0.05, 0.1) is 42.7 Å². The van der Waals surface area contributed by atoms with Crippen molar-refractivity contribution in [1.82, 2.24) is 19.9 Å². The van der Waals surface area contributed by atoms with Crippen molar-refractivity contribution >= 4 is 49.9 Å².